The van der Waals surface area contributed by atoms with Crippen LogP contribution >= 0.6 is 11.3 Å². The molecule has 1 aromatic carbocycles. The van der Waals surface area contributed by atoms with Gasteiger partial charge < -0.3 is 10.0 Å². The molecule has 0 spiro atoms. The maximum atomic E-state index is 11.3. The van der Waals surface area contributed by atoms with E-state index in [0.29, 0.717) is 6.54 Å². The summed E-state index contributed by atoms with van der Waals surface area (Å²) in [6.45, 7) is 5.95. The number of thiazole rings is 1. The number of aromatic nitrogens is 1. The van der Waals surface area contributed by atoms with Crippen molar-refractivity contribution in [3.8, 4) is 0 Å². The summed E-state index contributed by atoms with van der Waals surface area (Å²) in [4.78, 5) is 17.7. The van der Waals surface area contributed by atoms with Gasteiger partial charge in [0.1, 0.15) is 5.54 Å². The molecule has 0 aliphatic rings. The number of carboxylic acid groups (broad SMARTS) is 1. The fourth-order valence-electron chi connectivity index (χ4n) is 1.86. The van der Waals surface area contributed by atoms with Crippen molar-refractivity contribution in [3.63, 3.8) is 0 Å². The molecule has 18 heavy (non-hydrogen) atoms. The van der Waals surface area contributed by atoms with Crippen LogP contribution in [0.3, 0.4) is 0 Å². The maximum absolute atomic E-state index is 11.3. The molecule has 96 valence electrons. The summed E-state index contributed by atoms with van der Waals surface area (Å²) < 4.78 is 1.08. The van der Waals surface area contributed by atoms with Gasteiger partial charge in [0.25, 0.3) is 0 Å². The molecule has 1 heterocycles. The van der Waals surface area contributed by atoms with Crippen LogP contribution in [0.1, 0.15) is 20.8 Å². The van der Waals surface area contributed by atoms with E-state index >= 15 is 0 Å². The molecule has 0 fully saturated rings. The summed E-state index contributed by atoms with van der Waals surface area (Å²) in [5, 5.41) is 10.1. The summed E-state index contributed by atoms with van der Waals surface area (Å²) in [6.07, 6.45) is 0. The third-order valence-corrected chi connectivity index (χ3v) is 4.09. The fourth-order valence-corrected chi connectivity index (χ4v) is 3.03. The lowest BCUT2D eigenvalue weighted by Crippen LogP contribution is -2.50. The number of anilines is 1. The van der Waals surface area contributed by atoms with Gasteiger partial charge in [0.05, 0.1) is 10.2 Å². The van der Waals surface area contributed by atoms with E-state index < -0.39 is 11.5 Å². The topological polar surface area (TPSA) is 53.4 Å². The van der Waals surface area contributed by atoms with Crippen molar-refractivity contribution in [1.82, 2.24) is 4.98 Å². The van der Waals surface area contributed by atoms with Crippen LogP contribution in [0.5, 0.6) is 0 Å². The van der Waals surface area contributed by atoms with Crippen molar-refractivity contribution in [3.05, 3.63) is 24.3 Å². The van der Waals surface area contributed by atoms with Gasteiger partial charge in [-0.3, -0.25) is 0 Å². The molecule has 0 radical (unpaired) electrons. The highest BCUT2D eigenvalue weighted by Gasteiger charge is 2.35. The summed E-state index contributed by atoms with van der Waals surface area (Å²) in [5.41, 5.74) is -0.0417. The lowest BCUT2D eigenvalue weighted by molar-refractivity contribution is -0.142. The molecule has 0 atom stereocenters. The normalized spacial score (nSPS) is 11.7. The Hall–Kier alpha value is -1.62. The van der Waals surface area contributed by atoms with E-state index in [1.165, 1.54) is 11.3 Å². The smallest absolute Gasteiger partial charge is 0.329 e. The Morgan fingerprint density at radius 3 is 2.67 bits per heavy atom. The molecule has 5 heteroatoms. The summed E-state index contributed by atoms with van der Waals surface area (Å²) in [6, 6.07) is 7.84. The van der Waals surface area contributed by atoms with Gasteiger partial charge in [-0.05, 0) is 32.9 Å². The number of fused-ring (bicyclic) bond motifs is 1. The Kier molecular flexibility index (Phi) is 3.26. The molecule has 0 saturated heterocycles. The average Bonchev–Trinajstić information content (AvgIpc) is 2.72. The largest absolute Gasteiger partial charge is 0.480 e. The third-order valence-electron chi connectivity index (χ3n) is 3.03. The standard InChI is InChI=1S/C13H16N2O2S/c1-4-15(13(2,3)11(16)17)12-14-9-7-5-6-8-10(9)18-12/h5-8H,4H2,1-3H3,(H,16,17). The summed E-state index contributed by atoms with van der Waals surface area (Å²) in [7, 11) is 0. The summed E-state index contributed by atoms with van der Waals surface area (Å²) in [5.74, 6) is -0.844. The summed E-state index contributed by atoms with van der Waals surface area (Å²) >= 11 is 1.53. The van der Waals surface area contributed by atoms with Gasteiger partial charge in [-0.1, -0.05) is 23.5 Å². The van der Waals surface area contributed by atoms with E-state index in [1.54, 1.807) is 13.8 Å². The number of nitrogens with zero attached hydrogens (tertiary/aromatic N) is 2. The third kappa shape index (κ3) is 2.06. The molecule has 2 aromatic rings. The SMILES string of the molecule is CCN(c1nc2ccccc2s1)C(C)(C)C(=O)O. The molecule has 1 N–H and O–H groups in total. The monoisotopic (exact) mass is 264 g/mol. The molecular formula is C13H16N2O2S. The number of hydrogen-bond donors (Lipinski definition) is 1. The second kappa shape index (κ2) is 4.57. The molecule has 0 aliphatic heterocycles. The molecular weight excluding hydrogens is 248 g/mol. The molecule has 0 unspecified atom stereocenters. The Bertz CT molecular complexity index is 544. The van der Waals surface area contributed by atoms with Crippen molar-refractivity contribution in [2.75, 3.05) is 11.4 Å². The van der Waals surface area contributed by atoms with Crippen molar-refractivity contribution in [1.29, 1.82) is 0 Å². The van der Waals surface area contributed by atoms with Crippen LogP contribution < -0.4 is 4.90 Å². The first-order valence-corrected chi connectivity index (χ1v) is 6.65. The number of para-hydroxylation sites is 1. The molecule has 0 aliphatic carbocycles. The number of hydrogen-bond acceptors (Lipinski definition) is 4. The highest BCUT2D eigenvalue weighted by atomic mass is 32.1. The van der Waals surface area contributed by atoms with Gasteiger partial charge in [0.2, 0.25) is 0 Å². The van der Waals surface area contributed by atoms with E-state index in [-0.39, 0.29) is 0 Å². The number of rotatable bonds is 4. The van der Waals surface area contributed by atoms with E-state index in [1.807, 2.05) is 36.1 Å². The number of benzene rings is 1. The second-order valence-electron chi connectivity index (χ2n) is 4.57. The van der Waals surface area contributed by atoms with Crippen molar-refractivity contribution in [2.24, 2.45) is 0 Å². The van der Waals surface area contributed by atoms with E-state index in [0.717, 1.165) is 15.3 Å². The first-order chi connectivity index (χ1) is 8.46. The molecule has 0 saturated carbocycles. The van der Waals surface area contributed by atoms with Crippen LogP contribution in [-0.4, -0.2) is 28.1 Å². The predicted octanol–water partition coefficient (Wildman–Crippen LogP) is 2.99. The Labute approximate surface area is 110 Å². The quantitative estimate of drug-likeness (QED) is 0.922. The zero-order valence-electron chi connectivity index (χ0n) is 10.7. The van der Waals surface area contributed by atoms with Gasteiger partial charge in [0.15, 0.2) is 5.13 Å². The van der Waals surface area contributed by atoms with Crippen molar-refractivity contribution in [2.45, 2.75) is 26.3 Å². The number of carboxylic acids is 1. The van der Waals surface area contributed by atoms with Gasteiger partial charge in [-0.15, -0.1) is 0 Å². The Morgan fingerprint density at radius 2 is 2.11 bits per heavy atom. The number of likely N-dealkylation sites (N-methyl/N-ethyl adjacent to an activating group) is 1. The minimum absolute atomic E-state index is 0.610. The van der Waals surface area contributed by atoms with Crippen LogP contribution in [0.15, 0.2) is 24.3 Å². The fraction of sp³-hybridized carbons (Fsp3) is 0.385. The van der Waals surface area contributed by atoms with Crippen LogP contribution in [0.2, 0.25) is 0 Å². The van der Waals surface area contributed by atoms with Crippen molar-refractivity contribution < 1.29 is 9.90 Å². The van der Waals surface area contributed by atoms with E-state index in [9.17, 15) is 9.90 Å². The Morgan fingerprint density at radius 1 is 1.44 bits per heavy atom. The zero-order valence-corrected chi connectivity index (χ0v) is 11.5. The van der Waals surface area contributed by atoms with Gasteiger partial charge >= 0.3 is 5.97 Å². The molecule has 4 nitrogen and oxygen atoms in total. The maximum Gasteiger partial charge on any atom is 0.329 e. The highest BCUT2D eigenvalue weighted by Crippen LogP contribution is 2.32. The average molecular weight is 264 g/mol. The van der Waals surface area contributed by atoms with Crippen molar-refractivity contribution >= 4 is 32.7 Å². The zero-order chi connectivity index (χ0) is 13.3. The first kappa shape index (κ1) is 12.8. The minimum atomic E-state index is -0.956. The van der Waals surface area contributed by atoms with Gasteiger partial charge in [-0.25, -0.2) is 9.78 Å². The lowest BCUT2D eigenvalue weighted by atomic mass is 10.0. The first-order valence-electron chi connectivity index (χ1n) is 5.83. The molecule has 1 aromatic heterocycles. The number of carbonyl (C=O) groups is 1. The molecule has 0 bridgehead atoms. The van der Waals surface area contributed by atoms with Gasteiger partial charge in [0, 0.05) is 6.54 Å². The second-order valence-corrected chi connectivity index (χ2v) is 5.58. The van der Waals surface area contributed by atoms with Crippen LogP contribution in [-0.2, 0) is 4.79 Å². The predicted molar refractivity (Wildman–Crippen MR) is 74.4 cm³/mol. The van der Waals surface area contributed by atoms with Crippen LogP contribution in [0, 0.1) is 0 Å². The molecule has 2 rings (SSSR count). The van der Waals surface area contributed by atoms with Crippen LogP contribution in [0.4, 0.5) is 5.13 Å². The van der Waals surface area contributed by atoms with Gasteiger partial charge in [-0.2, -0.15) is 0 Å². The minimum Gasteiger partial charge on any atom is -0.480 e. The Balaban J connectivity index is 2.47. The van der Waals surface area contributed by atoms with E-state index in [4.69, 9.17) is 0 Å². The number of aliphatic carboxylic acids is 1. The molecule has 0 amide bonds. The highest BCUT2D eigenvalue weighted by molar-refractivity contribution is 7.22. The lowest BCUT2D eigenvalue weighted by Gasteiger charge is -2.33. The van der Waals surface area contributed by atoms with E-state index in [2.05, 4.69) is 4.98 Å². The van der Waals surface area contributed by atoms with Crippen LogP contribution in [0.25, 0.3) is 10.2 Å².